The number of unbranched alkanes of at least 4 members (excludes halogenated alkanes) is 1. The fraction of sp³-hybridized carbons (Fsp3) is 0.296. The van der Waals surface area contributed by atoms with Gasteiger partial charge >= 0.3 is 5.97 Å². The Kier molecular flexibility index (Phi) is 8.86. The number of aliphatic hydroxyl groups is 1. The van der Waals surface area contributed by atoms with E-state index in [1.165, 1.54) is 5.56 Å². The van der Waals surface area contributed by atoms with Gasteiger partial charge in [0.15, 0.2) is 0 Å². The van der Waals surface area contributed by atoms with Gasteiger partial charge in [0, 0.05) is 11.6 Å². The van der Waals surface area contributed by atoms with E-state index in [2.05, 4.69) is 36.5 Å². The topological polar surface area (TPSA) is 69.6 Å². The van der Waals surface area contributed by atoms with E-state index in [9.17, 15) is 15.0 Å². The maximum Gasteiger partial charge on any atom is 0.335 e. The number of halogens is 1. The zero-order valence-electron chi connectivity index (χ0n) is 18.4. The summed E-state index contributed by atoms with van der Waals surface area (Å²) in [5, 5.41) is 23.5. The van der Waals surface area contributed by atoms with Gasteiger partial charge in [0.05, 0.1) is 11.7 Å². The van der Waals surface area contributed by atoms with Gasteiger partial charge in [-0.05, 0) is 77.9 Å². The van der Waals surface area contributed by atoms with Gasteiger partial charge in [0.2, 0.25) is 0 Å². The Hall–Kier alpha value is -2.66. The van der Waals surface area contributed by atoms with Crippen LogP contribution in [0.25, 0.3) is 11.1 Å². The molecule has 5 heteroatoms. The zero-order chi connectivity index (χ0) is 22.9. The number of nitrogens with one attached hydrogen (secondary N) is 1. The first-order chi connectivity index (χ1) is 15.5. The molecule has 0 heterocycles. The molecule has 0 fully saturated rings. The molecule has 3 N–H and O–H groups in total. The lowest BCUT2D eigenvalue weighted by Gasteiger charge is -2.13. The second kappa shape index (κ2) is 11.8. The van der Waals surface area contributed by atoms with E-state index in [-0.39, 0.29) is 0 Å². The van der Waals surface area contributed by atoms with Crippen LogP contribution >= 0.6 is 11.6 Å². The summed E-state index contributed by atoms with van der Waals surface area (Å²) in [5.41, 5.74) is 5.62. The lowest BCUT2D eigenvalue weighted by Crippen LogP contribution is -2.23. The summed E-state index contributed by atoms with van der Waals surface area (Å²) in [6.45, 7) is 3.36. The summed E-state index contributed by atoms with van der Waals surface area (Å²) in [7, 11) is 0. The smallest absolute Gasteiger partial charge is 0.335 e. The summed E-state index contributed by atoms with van der Waals surface area (Å²) in [5.74, 6) is -0.891. The maximum atomic E-state index is 11.4. The molecular weight excluding hydrogens is 422 g/mol. The number of carbonyl (C=O) groups is 1. The second-order valence-corrected chi connectivity index (χ2v) is 8.44. The molecule has 0 aliphatic heterocycles. The van der Waals surface area contributed by atoms with Crippen molar-refractivity contribution in [2.75, 3.05) is 13.1 Å². The number of aryl methyl sites for hydroxylation is 1. The molecule has 0 aliphatic rings. The fourth-order valence-corrected chi connectivity index (χ4v) is 3.94. The number of aromatic carboxylic acids is 1. The van der Waals surface area contributed by atoms with Gasteiger partial charge in [-0.25, -0.2) is 4.79 Å². The maximum absolute atomic E-state index is 11.4. The van der Waals surface area contributed by atoms with Crippen molar-refractivity contribution >= 4 is 17.6 Å². The molecular formula is C27H30ClNO3. The van der Waals surface area contributed by atoms with Crippen molar-refractivity contribution in [1.29, 1.82) is 0 Å². The highest BCUT2D eigenvalue weighted by Crippen LogP contribution is 2.27. The van der Waals surface area contributed by atoms with Crippen molar-refractivity contribution in [1.82, 2.24) is 5.32 Å². The monoisotopic (exact) mass is 451 g/mol. The molecule has 32 heavy (non-hydrogen) atoms. The Labute approximate surface area is 194 Å². The highest BCUT2D eigenvalue weighted by Gasteiger charge is 2.11. The minimum absolute atomic E-state index is 0.336. The number of carboxylic acids is 1. The predicted molar refractivity (Wildman–Crippen MR) is 130 cm³/mol. The summed E-state index contributed by atoms with van der Waals surface area (Å²) in [6, 6.07) is 21.1. The van der Waals surface area contributed by atoms with E-state index >= 15 is 0 Å². The molecule has 0 aromatic heterocycles. The molecule has 0 aliphatic carbocycles. The van der Waals surface area contributed by atoms with Crippen LogP contribution < -0.4 is 5.32 Å². The predicted octanol–water partition coefficient (Wildman–Crippen LogP) is 5.91. The van der Waals surface area contributed by atoms with Crippen molar-refractivity contribution in [2.24, 2.45) is 0 Å². The Bertz CT molecular complexity index is 1030. The summed E-state index contributed by atoms with van der Waals surface area (Å²) in [4.78, 5) is 11.4. The lowest BCUT2D eigenvalue weighted by molar-refractivity contribution is 0.0696. The van der Waals surface area contributed by atoms with Gasteiger partial charge < -0.3 is 15.5 Å². The fourth-order valence-electron chi connectivity index (χ4n) is 3.74. The average molecular weight is 452 g/mol. The van der Waals surface area contributed by atoms with Gasteiger partial charge in [0.25, 0.3) is 0 Å². The number of benzene rings is 3. The average Bonchev–Trinajstić information content (AvgIpc) is 2.80. The van der Waals surface area contributed by atoms with Crippen molar-refractivity contribution in [3.63, 3.8) is 0 Å². The quantitative estimate of drug-likeness (QED) is 0.317. The van der Waals surface area contributed by atoms with E-state index in [0.29, 0.717) is 17.1 Å². The van der Waals surface area contributed by atoms with Crippen LogP contribution in [0.3, 0.4) is 0 Å². The third-order valence-corrected chi connectivity index (χ3v) is 5.81. The highest BCUT2D eigenvalue weighted by molar-refractivity contribution is 6.30. The van der Waals surface area contributed by atoms with Crippen molar-refractivity contribution in [3.05, 3.63) is 94.0 Å². The first-order valence-electron chi connectivity index (χ1n) is 11.1. The Morgan fingerprint density at radius 2 is 1.81 bits per heavy atom. The van der Waals surface area contributed by atoms with Gasteiger partial charge in [-0.1, -0.05) is 67.4 Å². The molecule has 0 bridgehead atoms. The number of hydrogen-bond donors (Lipinski definition) is 3. The molecule has 0 radical (unpaired) electrons. The lowest BCUT2D eigenvalue weighted by atomic mass is 9.93. The van der Waals surface area contributed by atoms with E-state index in [1.807, 2.05) is 18.2 Å². The third-order valence-electron chi connectivity index (χ3n) is 5.58. The number of hydrogen-bond acceptors (Lipinski definition) is 3. The van der Waals surface area contributed by atoms with Crippen LogP contribution in [-0.2, 0) is 12.8 Å². The minimum atomic E-state index is -0.891. The Balaban J connectivity index is 1.58. The first kappa shape index (κ1) is 24.0. The van der Waals surface area contributed by atoms with Crippen LogP contribution in [0, 0.1) is 0 Å². The number of rotatable bonds is 11. The van der Waals surface area contributed by atoms with Crippen LogP contribution in [0.1, 0.15) is 52.9 Å². The molecule has 3 aromatic rings. The molecule has 168 valence electrons. The molecule has 3 rings (SSSR count). The van der Waals surface area contributed by atoms with Crippen LogP contribution in [0.15, 0.2) is 66.7 Å². The molecule has 0 unspecified atom stereocenters. The number of carboxylic acid groups (broad SMARTS) is 1. The van der Waals surface area contributed by atoms with E-state index < -0.39 is 12.1 Å². The van der Waals surface area contributed by atoms with Crippen LogP contribution in [0.4, 0.5) is 0 Å². The SMILES string of the molecule is CCCCc1cc(C(=O)O)ccc1-c1ccc(CCNC[C@@H](O)c2cccc(Cl)c2)cc1. The van der Waals surface area contributed by atoms with Crippen molar-refractivity contribution in [2.45, 2.75) is 38.7 Å². The van der Waals surface area contributed by atoms with Crippen LogP contribution in [-0.4, -0.2) is 29.3 Å². The molecule has 3 aromatic carbocycles. The zero-order valence-corrected chi connectivity index (χ0v) is 19.1. The first-order valence-corrected chi connectivity index (χ1v) is 11.5. The van der Waals surface area contributed by atoms with Gasteiger partial charge in [-0.3, -0.25) is 0 Å². The van der Waals surface area contributed by atoms with Gasteiger partial charge in [-0.2, -0.15) is 0 Å². The van der Waals surface area contributed by atoms with E-state index in [0.717, 1.165) is 54.5 Å². The molecule has 0 amide bonds. The van der Waals surface area contributed by atoms with Gasteiger partial charge in [-0.15, -0.1) is 0 Å². The third kappa shape index (κ3) is 6.67. The normalized spacial score (nSPS) is 12.0. The largest absolute Gasteiger partial charge is 0.478 e. The summed E-state index contributed by atoms with van der Waals surface area (Å²) >= 11 is 5.99. The molecule has 0 saturated heterocycles. The standard InChI is InChI=1S/C27H30ClNO3/c1-2-3-5-21-16-23(27(31)32)12-13-25(21)20-10-8-19(9-11-20)14-15-29-18-26(30)22-6-4-7-24(28)17-22/h4,6-13,16-17,26,29-30H,2-3,5,14-15,18H2,1H3,(H,31,32)/t26-/m1/s1. The van der Waals surface area contributed by atoms with Gasteiger partial charge in [0.1, 0.15) is 0 Å². The molecule has 0 saturated carbocycles. The molecule has 1 atom stereocenters. The van der Waals surface area contributed by atoms with E-state index in [1.54, 1.807) is 24.3 Å². The van der Waals surface area contributed by atoms with Crippen LogP contribution in [0.5, 0.6) is 0 Å². The summed E-state index contributed by atoms with van der Waals surface area (Å²) in [6.07, 6.45) is 3.22. The summed E-state index contributed by atoms with van der Waals surface area (Å²) < 4.78 is 0. The Morgan fingerprint density at radius 1 is 1.03 bits per heavy atom. The van der Waals surface area contributed by atoms with Crippen LogP contribution in [0.2, 0.25) is 5.02 Å². The molecule has 4 nitrogen and oxygen atoms in total. The second-order valence-electron chi connectivity index (χ2n) is 8.00. The number of aliphatic hydroxyl groups excluding tert-OH is 1. The molecule has 0 spiro atoms. The Morgan fingerprint density at radius 3 is 2.50 bits per heavy atom. The van der Waals surface area contributed by atoms with Crippen molar-refractivity contribution in [3.8, 4) is 11.1 Å². The highest BCUT2D eigenvalue weighted by atomic mass is 35.5. The van der Waals surface area contributed by atoms with E-state index in [4.69, 9.17) is 11.6 Å². The minimum Gasteiger partial charge on any atom is -0.478 e. The van der Waals surface area contributed by atoms with Crippen molar-refractivity contribution < 1.29 is 15.0 Å².